The Hall–Kier alpha value is -0.520. The van der Waals surface area contributed by atoms with Gasteiger partial charge in [-0.05, 0) is 6.92 Å². The second-order valence-corrected chi connectivity index (χ2v) is 2.59. The first kappa shape index (κ1) is 7.59. The van der Waals surface area contributed by atoms with Gasteiger partial charge in [-0.1, -0.05) is 0 Å². The Kier molecular flexibility index (Phi) is 2.73. The van der Waals surface area contributed by atoms with E-state index in [1.165, 1.54) is 0 Å². The molecule has 10 heavy (non-hydrogen) atoms. The lowest BCUT2D eigenvalue weighted by molar-refractivity contribution is 0.00379. The van der Waals surface area contributed by atoms with Crippen LogP contribution in [0.3, 0.4) is 0 Å². The van der Waals surface area contributed by atoms with Crippen LogP contribution in [0.2, 0.25) is 0 Å². The van der Waals surface area contributed by atoms with Crippen LogP contribution in [0.25, 0.3) is 0 Å². The SMILES string of the molecule is CC#CCCN1CC(O)C1. The highest BCUT2D eigenvalue weighted by molar-refractivity contribution is 4.96. The number of aliphatic hydroxyl groups excluding tert-OH is 1. The summed E-state index contributed by atoms with van der Waals surface area (Å²) in [4.78, 5) is 2.20. The highest BCUT2D eigenvalue weighted by Gasteiger charge is 2.22. The number of β-amino-alcohol motifs (C(OH)–C–C–N with tert-alkyl or cyclic N) is 1. The summed E-state index contributed by atoms with van der Waals surface area (Å²) in [5, 5.41) is 8.90. The van der Waals surface area contributed by atoms with Crippen LogP contribution in [-0.2, 0) is 0 Å². The molecule has 0 aromatic heterocycles. The molecule has 0 amide bonds. The van der Waals surface area contributed by atoms with E-state index in [1.807, 2.05) is 6.92 Å². The minimum Gasteiger partial charge on any atom is -0.390 e. The Balaban J connectivity index is 1.98. The average Bonchev–Trinajstić information content (AvgIpc) is 1.85. The summed E-state index contributed by atoms with van der Waals surface area (Å²) < 4.78 is 0. The lowest BCUT2D eigenvalue weighted by atomic mass is 10.1. The first-order valence-electron chi connectivity index (χ1n) is 3.63. The Morgan fingerprint density at radius 3 is 2.80 bits per heavy atom. The third kappa shape index (κ3) is 2.02. The van der Waals surface area contributed by atoms with Crippen LogP contribution in [0, 0.1) is 11.8 Å². The zero-order valence-electron chi connectivity index (χ0n) is 6.30. The van der Waals surface area contributed by atoms with Crippen molar-refractivity contribution in [2.75, 3.05) is 19.6 Å². The lowest BCUT2D eigenvalue weighted by Crippen LogP contribution is -2.50. The fourth-order valence-corrected chi connectivity index (χ4v) is 1.06. The quantitative estimate of drug-likeness (QED) is 0.547. The van der Waals surface area contributed by atoms with Crippen molar-refractivity contribution in [1.29, 1.82) is 0 Å². The number of hydrogen-bond acceptors (Lipinski definition) is 2. The van der Waals surface area contributed by atoms with Crippen LogP contribution in [-0.4, -0.2) is 35.7 Å². The zero-order chi connectivity index (χ0) is 7.40. The molecule has 1 heterocycles. The minimum absolute atomic E-state index is 0.0745. The lowest BCUT2D eigenvalue weighted by Gasteiger charge is -2.35. The molecule has 0 radical (unpaired) electrons. The molecule has 2 nitrogen and oxygen atoms in total. The summed E-state index contributed by atoms with van der Waals surface area (Å²) in [6.45, 7) is 4.54. The number of likely N-dealkylation sites (tertiary alicyclic amines) is 1. The van der Waals surface area contributed by atoms with Crippen molar-refractivity contribution in [3.63, 3.8) is 0 Å². The predicted molar refractivity (Wildman–Crippen MR) is 40.5 cm³/mol. The van der Waals surface area contributed by atoms with E-state index in [0.717, 1.165) is 26.1 Å². The summed E-state index contributed by atoms with van der Waals surface area (Å²) in [5.41, 5.74) is 0. The van der Waals surface area contributed by atoms with E-state index in [4.69, 9.17) is 5.11 Å². The van der Waals surface area contributed by atoms with E-state index in [9.17, 15) is 0 Å². The Bertz CT molecular complexity index is 150. The highest BCUT2D eigenvalue weighted by Crippen LogP contribution is 2.06. The fourth-order valence-electron chi connectivity index (χ4n) is 1.06. The molecule has 0 bridgehead atoms. The first-order chi connectivity index (χ1) is 4.83. The summed E-state index contributed by atoms with van der Waals surface area (Å²) in [6.07, 6.45) is 0.859. The van der Waals surface area contributed by atoms with Crippen molar-refractivity contribution in [2.24, 2.45) is 0 Å². The van der Waals surface area contributed by atoms with E-state index >= 15 is 0 Å². The normalized spacial score (nSPS) is 19.4. The molecule has 0 spiro atoms. The van der Waals surface area contributed by atoms with Crippen molar-refractivity contribution in [3.8, 4) is 11.8 Å². The van der Waals surface area contributed by atoms with Gasteiger partial charge in [-0.15, -0.1) is 11.8 Å². The molecular weight excluding hydrogens is 126 g/mol. The molecular formula is C8H13NO. The van der Waals surface area contributed by atoms with E-state index in [2.05, 4.69) is 16.7 Å². The van der Waals surface area contributed by atoms with Gasteiger partial charge in [0.1, 0.15) is 0 Å². The number of rotatable bonds is 2. The van der Waals surface area contributed by atoms with Gasteiger partial charge in [-0.2, -0.15) is 0 Å². The van der Waals surface area contributed by atoms with Crippen LogP contribution in [0.15, 0.2) is 0 Å². The molecule has 1 saturated heterocycles. The van der Waals surface area contributed by atoms with Crippen LogP contribution >= 0.6 is 0 Å². The van der Waals surface area contributed by atoms with Crippen LogP contribution in [0.4, 0.5) is 0 Å². The monoisotopic (exact) mass is 139 g/mol. The van der Waals surface area contributed by atoms with Gasteiger partial charge in [0, 0.05) is 26.1 Å². The number of hydrogen-bond donors (Lipinski definition) is 1. The van der Waals surface area contributed by atoms with Gasteiger partial charge < -0.3 is 5.11 Å². The standard InChI is InChI=1S/C8H13NO/c1-2-3-4-5-9-6-8(10)7-9/h8,10H,4-7H2,1H3. The van der Waals surface area contributed by atoms with Crippen molar-refractivity contribution < 1.29 is 5.11 Å². The summed E-state index contributed by atoms with van der Waals surface area (Å²) in [7, 11) is 0. The summed E-state index contributed by atoms with van der Waals surface area (Å²) >= 11 is 0. The van der Waals surface area contributed by atoms with Gasteiger partial charge in [-0.3, -0.25) is 4.90 Å². The maximum Gasteiger partial charge on any atom is 0.0793 e. The smallest absolute Gasteiger partial charge is 0.0793 e. The molecule has 1 aliphatic rings. The van der Waals surface area contributed by atoms with Gasteiger partial charge >= 0.3 is 0 Å². The van der Waals surface area contributed by atoms with Crippen molar-refractivity contribution in [3.05, 3.63) is 0 Å². The van der Waals surface area contributed by atoms with E-state index < -0.39 is 0 Å². The maximum absolute atomic E-state index is 8.90. The second-order valence-electron chi connectivity index (χ2n) is 2.59. The van der Waals surface area contributed by atoms with Crippen LogP contribution < -0.4 is 0 Å². The molecule has 56 valence electrons. The van der Waals surface area contributed by atoms with Gasteiger partial charge in [0.15, 0.2) is 0 Å². The fraction of sp³-hybridized carbons (Fsp3) is 0.750. The topological polar surface area (TPSA) is 23.5 Å². The molecule has 0 aliphatic carbocycles. The van der Waals surface area contributed by atoms with E-state index in [0.29, 0.717) is 0 Å². The third-order valence-corrected chi connectivity index (χ3v) is 1.67. The summed E-state index contributed by atoms with van der Waals surface area (Å²) in [6, 6.07) is 0. The molecule has 0 saturated carbocycles. The molecule has 0 unspecified atom stereocenters. The van der Waals surface area contributed by atoms with Crippen molar-refractivity contribution >= 4 is 0 Å². The largest absolute Gasteiger partial charge is 0.390 e. The minimum atomic E-state index is -0.0745. The Labute approximate surface area is 61.8 Å². The van der Waals surface area contributed by atoms with Crippen molar-refractivity contribution in [2.45, 2.75) is 19.4 Å². The van der Waals surface area contributed by atoms with Crippen LogP contribution in [0.5, 0.6) is 0 Å². The molecule has 0 aromatic carbocycles. The third-order valence-electron chi connectivity index (χ3n) is 1.67. The zero-order valence-corrected chi connectivity index (χ0v) is 6.30. The highest BCUT2D eigenvalue weighted by atomic mass is 16.3. The Morgan fingerprint density at radius 1 is 1.60 bits per heavy atom. The molecule has 2 heteroatoms. The number of nitrogens with zero attached hydrogens (tertiary/aromatic N) is 1. The molecule has 1 rings (SSSR count). The Morgan fingerprint density at radius 2 is 2.30 bits per heavy atom. The van der Waals surface area contributed by atoms with Gasteiger partial charge in [0.25, 0.3) is 0 Å². The van der Waals surface area contributed by atoms with Gasteiger partial charge in [0.05, 0.1) is 6.10 Å². The first-order valence-corrected chi connectivity index (χ1v) is 3.63. The van der Waals surface area contributed by atoms with Crippen LogP contribution in [0.1, 0.15) is 13.3 Å². The average molecular weight is 139 g/mol. The number of aliphatic hydroxyl groups is 1. The molecule has 0 aromatic rings. The summed E-state index contributed by atoms with van der Waals surface area (Å²) in [5.74, 6) is 5.83. The molecule has 0 atom stereocenters. The van der Waals surface area contributed by atoms with E-state index in [-0.39, 0.29) is 6.10 Å². The molecule has 1 aliphatic heterocycles. The predicted octanol–water partition coefficient (Wildman–Crippen LogP) is 0.0763. The van der Waals surface area contributed by atoms with E-state index in [1.54, 1.807) is 0 Å². The second kappa shape index (κ2) is 3.60. The molecule has 1 fully saturated rings. The van der Waals surface area contributed by atoms with Gasteiger partial charge in [0.2, 0.25) is 0 Å². The van der Waals surface area contributed by atoms with Crippen molar-refractivity contribution in [1.82, 2.24) is 4.90 Å². The molecule has 1 N–H and O–H groups in total. The maximum atomic E-state index is 8.90. The van der Waals surface area contributed by atoms with Gasteiger partial charge in [-0.25, -0.2) is 0 Å².